The monoisotopic (exact) mass is 415 g/mol. The van der Waals surface area contributed by atoms with Crippen molar-refractivity contribution in [1.82, 2.24) is 14.5 Å². The van der Waals surface area contributed by atoms with Crippen molar-refractivity contribution in [2.75, 3.05) is 33.2 Å². The van der Waals surface area contributed by atoms with Crippen molar-refractivity contribution in [2.45, 2.75) is 31.7 Å². The Morgan fingerprint density at radius 3 is 2.34 bits per heavy atom. The second-order valence-corrected chi connectivity index (χ2v) is 9.71. The topological polar surface area (TPSA) is 69.7 Å². The van der Waals surface area contributed by atoms with Crippen LogP contribution in [-0.2, 0) is 10.0 Å². The van der Waals surface area contributed by atoms with Crippen LogP contribution in [0.4, 0.5) is 0 Å². The van der Waals surface area contributed by atoms with Crippen molar-refractivity contribution >= 4 is 15.9 Å². The van der Waals surface area contributed by atoms with Gasteiger partial charge in [-0.05, 0) is 62.7 Å². The number of piperazine rings is 1. The van der Waals surface area contributed by atoms with Crippen LogP contribution in [0, 0.1) is 13.8 Å². The third kappa shape index (κ3) is 4.86. The first kappa shape index (κ1) is 21.5. The summed E-state index contributed by atoms with van der Waals surface area (Å²) in [5.74, 6) is -0.286. The number of sulfonamides is 1. The van der Waals surface area contributed by atoms with E-state index in [9.17, 15) is 13.2 Å². The van der Waals surface area contributed by atoms with Gasteiger partial charge < -0.3 is 10.2 Å². The molecule has 1 fully saturated rings. The Kier molecular flexibility index (Phi) is 6.41. The van der Waals surface area contributed by atoms with Gasteiger partial charge in [-0.15, -0.1) is 0 Å². The Morgan fingerprint density at radius 2 is 1.69 bits per heavy atom. The van der Waals surface area contributed by atoms with E-state index in [1.165, 1.54) is 21.5 Å². The number of carbonyl (C=O) groups excluding carboxylic acids is 1. The molecule has 1 aliphatic rings. The molecule has 0 saturated carbocycles. The minimum atomic E-state index is -3.61. The summed E-state index contributed by atoms with van der Waals surface area (Å²) in [6.07, 6.45) is 0. The predicted octanol–water partition coefficient (Wildman–Crippen LogP) is 2.73. The van der Waals surface area contributed by atoms with E-state index >= 15 is 0 Å². The minimum absolute atomic E-state index is 0.161. The molecule has 2 aromatic rings. The molecular weight excluding hydrogens is 386 g/mol. The van der Waals surface area contributed by atoms with Crippen LogP contribution in [-0.4, -0.2) is 56.8 Å². The molecule has 0 aromatic heterocycles. The summed E-state index contributed by atoms with van der Waals surface area (Å²) >= 11 is 0. The van der Waals surface area contributed by atoms with Gasteiger partial charge in [0.05, 0.1) is 10.9 Å². The van der Waals surface area contributed by atoms with E-state index < -0.39 is 10.0 Å². The summed E-state index contributed by atoms with van der Waals surface area (Å²) < 4.78 is 27.4. The van der Waals surface area contributed by atoms with E-state index in [4.69, 9.17) is 0 Å². The molecule has 1 N–H and O–H groups in total. The maximum Gasteiger partial charge on any atom is 0.251 e. The summed E-state index contributed by atoms with van der Waals surface area (Å²) in [6.45, 7) is 8.33. The van der Waals surface area contributed by atoms with Gasteiger partial charge in [-0.25, -0.2) is 8.42 Å². The Bertz CT molecular complexity index is 996. The highest BCUT2D eigenvalue weighted by molar-refractivity contribution is 7.89. The molecule has 6 nitrogen and oxygen atoms in total. The zero-order chi connectivity index (χ0) is 21.2. The van der Waals surface area contributed by atoms with Gasteiger partial charge >= 0.3 is 0 Å². The van der Waals surface area contributed by atoms with Crippen LogP contribution < -0.4 is 5.32 Å². The summed E-state index contributed by atoms with van der Waals surface area (Å²) in [4.78, 5) is 15.0. The van der Waals surface area contributed by atoms with Gasteiger partial charge in [-0.1, -0.05) is 24.3 Å². The number of aryl methyl sites for hydroxylation is 2. The van der Waals surface area contributed by atoms with Gasteiger partial charge in [-0.2, -0.15) is 4.31 Å². The third-order valence-electron chi connectivity index (χ3n) is 5.57. The van der Waals surface area contributed by atoms with Gasteiger partial charge in [0, 0.05) is 31.7 Å². The van der Waals surface area contributed by atoms with Crippen LogP contribution in [0.3, 0.4) is 0 Å². The molecule has 1 atom stereocenters. The van der Waals surface area contributed by atoms with Crippen molar-refractivity contribution in [3.8, 4) is 0 Å². The SMILES string of the molecule is Cc1ccc([C@@H](C)NC(=O)c2cccc(S(=O)(=O)N3CCN(C)CC3)c2)cc1C. The highest BCUT2D eigenvalue weighted by Gasteiger charge is 2.28. The van der Waals surface area contributed by atoms with Crippen molar-refractivity contribution < 1.29 is 13.2 Å². The zero-order valence-corrected chi connectivity index (χ0v) is 18.3. The Labute approximate surface area is 173 Å². The van der Waals surface area contributed by atoms with Crippen molar-refractivity contribution in [2.24, 2.45) is 0 Å². The van der Waals surface area contributed by atoms with Gasteiger partial charge in [0.15, 0.2) is 0 Å². The van der Waals surface area contributed by atoms with Crippen LogP contribution in [0.2, 0.25) is 0 Å². The van der Waals surface area contributed by atoms with Crippen LogP contribution >= 0.6 is 0 Å². The minimum Gasteiger partial charge on any atom is -0.346 e. The number of benzene rings is 2. The molecular formula is C22H29N3O3S. The fraction of sp³-hybridized carbons (Fsp3) is 0.409. The predicted molar refractivity (Wildman–Crippen MR) is 114 cm³/mol. The molecule has 0 unspecified atom stereocenters. The lowest BCUT2D eigenvalue weighted by molar-refractivity contribution is 0.0939. The van der Waals surface area contributed by atoms with Crippen LogP contribution in [0.1, 0.15) is 40.0 Å². The quantitative estimate of drug-likeness (QED) is 0.815. The van der Waals surface area contributed by atoms with E-state index in [-0.39, 0.29) is 16.8 Å². The molecule has 2 aromatic carbocycles. The summed E-state index contributed by atoms with van der Waals surface area (Å²) in [5.41, 5.74) is 3.73. The van der Waals surface area contributed by atoms with E-state index in [2.05, 4.69) is 23.2 Å². The molecule has 0 bridgehead atoms. The fourth-order valence-electron chi connectivity index (χ4n) is 3.37. The number of nitrogens with zero attached hydrogens (tertiary/aromatic N) is 2. The molecule has 1 aliphatic heterocycles. The lowest BCUT2D eigenvalue weighted by Gasteiger charge is -2.31. The van der Waals surface area contributed by atoms with Crippen LogP contribution in [0.5, 0.6) is 0 Å². The van der Waals surface area contributed by atoms with Crippen molar-refractivity contribution in [3.63, 3.8) is 0 Å². The Hall–Kier alpha value is -2.22. The molecule has 29 heavy (non-hydrogen) atoms. The third-order valence-corrected chi connectivity index (χ3v) is 7.47. The molecule has 156 valence electrons. The normalized spacial score (nSPS) is 17.1. The second kappa shape index (κ2) is 8.65. The highest BCUT2D eigenvalue weighted by Crippen LogP contribution is 2.20. The molecule has 3 rings (SSSR count). The molecule has 0 aliphatic carbocycles. The lowest BCUT2D eigenvalue weighted by atomic mass is 10.0. The molecule has 1 amide bonds. The second-order valence-electron chi connectivity index (χ2n) is 7.77. The number of rotatable bonds is 5. The zero-order valence-electron chi connectivity index (χ0n) is 17.5. The van der Waals surface area contributed by atoms with E-state index in [0.29, 0.717) is 31.7 Å². The molecule has 0 radical (unpaired) electrons. The van der Waals surface area contributed by atoms with E-state index in [1.54, 1.807) is 18.2 Å². The number of hydrogen-bond donors (Lipinski definition) is 1. The smallest absolute Gasteiger partial charge is 0.251 e. The van der Waals surface area contributed by atoms with Crippen LogP contribution in [0.15, 0.2) is 47.4 Å². The van der Waals surface area contributed by atoms with Crippen molar-refractivity contribution in [1.29, 1.82) is 0 Å². The average Bonchev–Trinajstić information content (AvgIpc) is 2.70. The Balaban J connectivity index is 1.76. The van der Waals surface area contributed by atoms with Gasteiger partial charge in [-0.3, -0.25) is 4.79 Å². The standard InChI is InChI=1S/C22H29N3O3S/c1-16-8-9-19(14-17(16)2)18(3)23-22(26)20-6-5-7-21(15-20)29(27,28)25-12-10-24(4)11-13-25/h5-9,14-15,18H,10-13H2,1-4H3,(H,23,26)/t18-/m1/s1. The van der Waals surface area contributed by atoms with Gasteiger partial charge in [0.25, 0.3) is 5.91 Å². The van der Waals surface area contributed by atoms with Gasteiger partial charge in [0.1, 0.15) is 0 Å². The fourth-order valence-corrected chi connectivity index (χ4v) is 4.84. The van der Waals surface area contributed by atoms with E-state index in [1.807, 2.05) is 33.0 Å². The Morgan fingerprint density at radius 1 is 1.00 bits per heavy atom. The maximum absolute atomic E-state index is 13.0. The van der Waals surface area contributed by atoms with Crippen molar-refractivity contribution in [3.05, 3.63) is 64.7 Å². The summed E-state index contributed by atoms with van der Waals surface area (Å²) in [6, 6.07) is 12.2. The maximum atomic E-state index is 13.0. The summed E-state index contributed by atoms with van der Waals surface area (Å²) in [7, 11) is -1.63. The first-order valence-electron chi connectivity index (χ1n) is 9.85. The number of carbonyl (C=O) groups is 1. The molecule has 7 heteroatoms. The summed E-state index contributed by atoms with van der Waals surface area (Å²) in [5, 5.41) is 2.97. The first-order chi connectivity index (χ1) is 13.7. The average molecular weight is 416 g/mol. The number of amides is 1. The molecule has 1 heterocycles. The first-order valence-corrected chi connectivity index (χ1v) is 11.3. The molecule has 1 saturated heterocycles. The number of hydrogen-bond acceptors (Lipinski definition) is 4. The van der Waals surface area contributed by atoms with Crippen LogP contribution in [0.25, 0.3) is 0 Å². The number of likely N-dealkylation sites (N-methyl/N-ethyl adjacent to an activating group) is 1. The molecule has 0 spiro atoms. The largest absolute Gasteiger partial charge is 0.346 e. The highest BCUT2D eigenvalue weighted by atomic mass is 32.2. The number of nitrogens with one attached hydrogen (secondary N) is 1. The van der Waals surface area contributed by atoms with E-state index in [0.717, 1.165) is 5.56 Å². The van der Waals surface area contributed by atoms with Gasteiger partial charge in [0.2, 0.25) is 10.0 Å². The lowest BCUT2D eigenvalue weighted by Crippen LogP contribution is -2.47.